The number of nitrogens with one attached hydrogen (secondary N) is 2. The van der Waals surface area contributed by atoms with Crippen LogP contribution >= 0.6 is 12.4 Å². The highest BCUT2D eigenvalue weighted by Crippen LogP contribution is 2.39. The standard InChI is InChI=1S/C16H26N4O3.ClH/c1-16(2)14(22)19-15(23)20(16)8-12(21)18-13-9-4-3-5-10(13)7-11(17)6-9;/h9-11,13H,3-8,17H2,1-2H3,(H,18,21)(H,19,22,23);1H. The molecule has 1 aliphatic heterocycles. The van der Waals surface area contributed by atoms with E-state index in [9.17, 15) is 14.4 Å². The maximum Gasteiger partial charge on any atom is 0.325 e. The first-order valence-corrected chi connectivity index (χ1v) is 8.47. The molecule has 1 heterocycles. The SMILES string of the molecule is CC1(C)C(=O)NC(=O)N1CC(=O)NC1C2CCCC1CC(N)C2.Cl. The number of urea groups is 1. The maximum absolute atomic E-state index is 12.4. The lowest BCUT2D eigenvalue weighted by Crippen LogP contribution is -2.56. The number of amides is 4. The molecule has 7 nitrogen and oxygen atoms in total. The lowest BCUT2D eigenvalue weighted by atomic mass is 9.67. The number of rotatable bonds is 3. The number of carbonyl (C=O) groups excluding carboxylic acids is 3. The van der Waals surface area contributed by atoms with Crippen LogP contribution in [0.1, 0.15) is 46.0 Å². The van der Waals surface area contributed by atoms with Gasteiger partial charge in [-0.1, -0.05) is 6.42 Å². The van der Waals surface area contributed by atoms with E-state index in [4.69, 9.17) is 5.73 Å². The molecule has 2 atom stereocenters. The summed E-state index contributed by atoms with van der Waals surface area (Å²) in [4.78, 5) is 37.4. The molecule has 0 aromatic carbocycles. The van der Waals surface area contributed by atoms with E-state index in [0.29, 0.717) is 11.8 Å². The summed E-state index contributed by atoms with van der Waals surface area (Å²) >= 11 is 0. The van der Waals surface area contributed by atoms with Gasteiger partial charge in [0.05, 0.1) is 0 Å². The first kappa shape index (κ1) is 19.0. The Labute approximate surface area is 148 Å². The second-order valence-electron chi connectivity index (χ2n) is 7.68. The Kier molecular flexibility index (Phi) is 5.44. The normalized spacial score (nSPS) is 34.4. The van der Waals surface area contributed by atoms with Crippen LogP contribution in [-0.4, -0.2) is 46.9 Å². The zero-order valence-corrected chi connectivity index (χ0v) is 15.0. The van der Waals surface area contributed by atoms with E-state index >= 15 is 0 Å². The van der Waals surface area contributed by atoms with Crippen LogP contribution in [0.3, 0.4) is 0 Å². The summed E-state index contributed by atoms with van der Waals surface area (Å²) in [6, 6.07) is -0.110. The Balaban J connectivity index is 0.00000208. The van der Waals surface area contributed by atoms with Crippen molar-refractivity contribution in [2.75, 3.05) is 6.54 Å². The van der Waals surface area contributed by atoms with Gasteiger partial charge in [-0.2, -0.15) is 0 Å². The van der Waals surface area contributed by atoms with Gasteiger partial charge in [-0.05, 0) is 51.4 Å². The third kappa shape index (κ3) is 3.37. The summed E-state index contributed by atoms with van der Waals surface area (Å²) in [5, 5.41) is 5.38. The molecule has 136 valence electrons. The number of halogens is 1. The molecule has 3 aliphatic rings. The predicted octanol–water partition coefficient (Wildman–Crippen LogP) is 0.761. The Hall–Kier alpha value is -1.34. The fourth-order valence-corrected chi connectivity index (χ4v) is 4.36. The minimum absolute atomic E-state index is 0. The molecular formula is C16H27ClN4O3. The number of carbonyl (C=O) groups is 3. The van der Waals surface area contributed by atoms with Gasteiger partial charge in [-0.15, -0.1) is 12.4 Å². The van der Waals surface area contributed by atoms with E-state index in [2.05, 4.69) is 10.6 Å². The van der Waals surface area contributed by atoms with E-state index < -0.39 is 11.6 Å². The second kappa shape index (κ2) is 6.88. The number of nitrogens with two attached hydrogens (primary N) is 1. The van der Waals surface area contributed by atoms with Crippen molar-refractivity contribution < 1.29 is 14.4 Å². The molecule has 8 heteroatoms. The van der Waals surface area contributed by atoms with Crippen molar-refractivity contribution in [1.29, 1.82) is 0 Å². The molecule has 0 spiro atoms. The topological polar surface area (TPSA) is 105 Å². The van der Waals surface area contributed by atoms with E-state index in [1.54, 1.807) is 13.8 Å². The van der Waals surface area contributed by atoms with Crippen LogP contribution in [0.25, 0.3) is 0 Å². The van der Waals surface area contributed by atoms with Crippen molar-refractivity contribution >= 4 is 30.3 Å². The molecule has 2 saturated carbocycles. The molecule has 2 bridgehead atoms. The molecule has 0 aromatic heterocycles. The molecule has 0 radical (unpaired) electrons. The van der Waals surface area contributed by atoms with Crippen molar-refractivity contribution in [2.45, 2.75) is 63.6 Å². The average Bonchev–Trinajstić information content (AvgIpc) is 2.62. The molecule has 2 unspecified atom stereocenters. The van der Waals surface area contributed by atoms with Gasteiger partial charge in [-0.25, -0.2) is 4.79 Å². The molecule has 24 heavy (non-hydrogen) atoms. The molecule has 3 rings (SSSR count). The van der Waals surface area contributed by atoms with Crippen molar-refractivity contribution in [3.8, 4) is 0 Å². The number of hydrogen-bond donors (Lipinski definition) is 3. The van der Waals surface area contributed by atoms with Gasteiger partial charge in [0.2, 0.25) is 5.91 Å². The average molecular weight is 359 g/mol. The minimum Gasteiger partial charge on any atom is -0.351 e. The number of fused-ring (bicyclic) bond motifs is 2. The van der Waals surface area contributed by atoms with E-state index in [-0.39, 0.29) is 42.8 Å². The Morgan fingerprint density at radius 3 is 2.38 bits per heavy atom. The quantitative estimate of drug-likeness (QED) is 0.648. The van der Waals surface area contributed by atoms with Crippen LogP contribution in [0.15, 0.2) is 0 Å². The van der Waals surface area contributed by atoms with Crippen LogP contribution < -0.4 is 16.4 Å². The first-order valence-electron chi connectivity index (χ1n) is 8.47. The number of hydrogen-bond acceptors (Lipinski definition) is 4. The molecule has 2 aliphatic carbocycles. The summed E-state index contributed by atoms with van der Waals surface area (Å²) in [5.74, 6) is 0.308. The van der Waals surface area contributed by atoms with Gasteiger partial charge in [0, 0.05) is 12.1 Å². The van der Waals surface area contributed by atoms with Crippen molar-refractivity contribution in [1.82, 2.24) is 15.5 Å². The third-order valence-electron chi connectivity index (χ3n) is 5.70. The largest absolute Gasteiger partial charge is 0.351 e. The molecule has 1 saturated heterocycles. The summed E-state index contributed by atoms with van der Waals surface area (Å²) < 4.78 is 0. The van der Waals surface area contributed by atoms with E-state index in [0.717, 1.165) is 25.7 Å². The van der Waals surface area contributed by atoms with Gasteiger partial charge >= 0.3 is 6.03 Å². The van der Waals surface area contributed by atoms with Gasteiger partial charge in [-0.3, -0.25) is 14.9 Å². The summed E-state index contributed by atoms with van der Waals surface area (Å²) in [7, 11) is 0. The van der Waals surface area contributed by atoms with Crippen LogP contribution in [0.4, 0.5) is 4.79 Å². The highest BCUT2D eigenvalue weighted by Gasteiger charge is 2.47. The fraction of sp³-hybridized carbons (Fsp3) is 0.812. The highest BCUT2D eigenvalue weighted by atomic mass is 35.5. The second-order valence-corrected chi connectivity index (χ2v) is 7.68. The fourth-order valence-electron chi connectivity index (χ4n) is 4.36. The molecule has 3 fully saturated rings. The van der Waals surface area contributed by atoms with Crippen molar-refractivity contribution in [2.24, 2.45) is 17.6 Å². The van der Waals surface area contributed by atoms with Crippen molar-refractivity contribution in [3.05, 3.63) is 0 Å². The zero-order valence-electron chi connectivity index (χ0n) is 14.2. The zero-order chi connectivity index (χ0) is 16.8. The first-order chi connectivity index (χ1) is 10.8. The van der Waals surface area contributed by atoms with Crippen LogP contribution in [-0.2, 0) is 9.59 Å². The molecule has 0 aromatic rings. The van der Waals surface area contributed by atoms with E-state index in [1.807, 2.05) is 0 Å². The van der Waals surface area contributed by atoms with Gasteiger partial charge in [0.1, 0.15) is 12.1 Å². The number of imide groups is 1. The highest BCUT2D eigenvalue weighted by molar-refractivity contribution is 6.07. The summed E-state index contributed by atoms with van der Waals surface area (Å²) in [6.07, 6.45) is 5.31. The van der Waals surface area contributed by atoms with E-state index in [1.165, 1.54) is 11.3 Å². The number of nitrogens with zero attached hydrogens (tertiary/aromatic N) is 1. The third-order valence-corrected chi connectivity index (χ3v) is 5.70. The van der Waals surface area contributed by atoms with Crippen LogP contribution in [0.5, 0.6) is 0 Å². The molecular weight excluding hydrogens is 332 g/mol. The summed E-state index contributed by atoms with van der Waals surface area (Å²) in [6.45, 7) is 3.20. The molecule has 4 N–H and O–H groups in total. The Morgan fingerprint density at radius 2 is 1.88 bits per heavy atom. The Bertz CT molecular complexity index is 525. The van der Waals surface area contributed by atoms with Crippen LogP contribution in [0, 0.1) is 11.8 Å². The van der Waals surface area contributed by atoms with Crippen molar-refractivity contribution in [3.63, 3.8) is 0 Å². The Morgan fingerprint density at radius 1 is 1.29 bits per heavy atom. The monoisotopic (exact) mass is 358 g/mol. The van der Waals surface area contributed by atoms with Gasteiger partial charge in [0.25, 0.3) is 5.91 Å². The molecule has 4 amide bonds. The van der Waals surface area contributed by atoms with Gasteiger partial charge < -0.3 is 16.0 Å². The maximum atomic E-state index is 12.4. The van der Waals surface area contributed by atoms with Crippen LogP contribution in [0.2, 0.25) is 0 Å². The lowest BCUT2D eigenvalue weighted by molar-refractivity contribution is -0.128. The summed E-state index contributed by atoms with van der Waals surface area (Å²) in [5.41, 5.74) is 5.12. The minimum atomic E-state index is -0.987. The lowest BCUT2D eigenvalue weighted by Gasteiger charge is -2.45. The smallest absolute Gasteiger partial charge is 0.325 e. The van der Waals surface area contributed by atoms with Gasteiger partial charge in [0.15, 0.2) is 0 Å². The predicted molar refractivity (Wildman–Crippen MR) is 91.5 cm³/mol.